The first-order chi connectivity index (χ1) is 11.7. The van der Waals surface area contributed by atoms with E-state index < -0.39 is 0 Å². The molecule has 0 radical (unpaired) electrons. The van der Waals surface area contributed by atoms with Crippen LogP contribution in [0, 0.1) is 5.82 Å². The first-order valence-corrected chi connectivity index (χ1v) is 8.20. The number of hydrogen-bond donors (Lipinski definition) is 1. The van der Waals surface area contributed by atoms with Crippen LogP contribution in [0.2, 0.25) is 0 Å². The molecule has 5 heteroatoms. The van der Waals surface area contributed by atoms with Crippen molar-refractivity contribution in [1.29, 1.82) is 0 Å². The zero-order chi connectivity index (χ0) is 16.8. The van der Waals surface area contributed by atoms with Crippen LogP contribution in [0.3, 0.4) is 0 Å². The molecule has 0 aromatic heterocycles. The molecule has 0 atom stereocenters. The molecule has 4 nitrogen and oxygen atoms in total. The molecule has 0 aliphatic carbocycles. The van der Waals surface area contributed by atoms with E-state index in [0.29, 0.717) is 26.0 Å². The number of hydrogen-bond acceptors (Lipinski definition) is 3. The molecule has 0 saturated heterocycles. The Morgan fingerprint density at radius 3 is 2.79 bits per heavy atom. The smallest absolute Gasteiger partial charge is 0.220 e. The van der Waals surface area contributed by atoms with Gasteiger partial charge in [0.25, 0.3) is 0 Å². The van der Waals surface area contributed by atoms with Crippen LogP contribution in [0.25, 0.3) is 0 Å². The highest BCUT2D eigenvalue weighted by Gasteiger charge is 2.16. The second-order valence-corrected chi connectivity index (χ2v) is 5.78. The first-order valence-electron chi connectivity index (χ1n) is 8.20. The van der Waals surface area contributed by atoms with Gasteiger partial charge in [-0.05, 0) is 36.2 Å². The molecule has 0 spiro atoms. The number of amides is 1. The van der Waals surface area contributed by atoms with Crippen molar-refractivity contribution < 1.29 is 13.9 Å². The third kappa shape index (κ3) is 4.25. The van der Waals surface area contributed by atoms with Crippen molar-refractivity contribution in [3.8, 4) is 5.75 Å². The van der Waals surface area contributed by atoms with E-state index >= 15 is 0 Å². The van der Waals surface area contributed by atoms with E-state index in [1.54, 1.807) is 12.1 Å². The number of fused-ring (bicyclic) bond motifs is 1. The van der Waals surface area contributed by atoms with Crippen LogP contribution in [0.15, 0.2) is 48.5 Å². The summed E-state index contributed by atoms with van der Waals surface area (Å²) < 4.78 is 18.5. The summed E-state index contributed by atoms with van der Waals surface area (Å²) in [5.41, 5.74) is 2.04. The Labute approximate surface area is 141 Å². The van der Waals surface area contributed by atoms with Crippen molar-refractivity contribution in [2.75, 3.05) is 31.1 Å². The lowest BCUT2D eigenvalue weighted by Crippen LogP contribution is -2.39. The standard InChI is InChI=1S/C19H21FN2O2/c20-16-8-5-15(6-9-16)7-10-19(23)21-11-12-22-13-14-24-18-4-2-1-3-17(18)22/h1-6,8-9H,7,10-14H2,(H,21,23). The SMILES string of the molecule is O=C(CCc1ccc(F)cc1)NCCN1CCOc2ccccc21. The van der Waals surface area contributed by atoms with Crippen molar-refractivity contribution in [3.05, 3.63) is 59.9 Å². The van der Waals surface area contributed by atoms with Gasteiger partial charge in [0.1, 0.15) is 18.2 Å². The van der Waals surface area contributed by atoms with Crippen LogP contribution in [0.4, 0.5) is 10.1 Å². The molecule has 1 heterocycles. The number of anilines is 1. The van der Waals surface area contributed by atoms with E-state index in [1.165, 1.54) is 12.1 Å². The van der Waals surface area contributed by atoms with Crippen LogP contribution in [0.1, 0.15) is 12.0 Å². The second kappa shape index (κ2) is 7.81. The second-order valence-electron chi connectivity index (χ2n) is 5.78. The van der Waals surface area contributed by atoms with Crippen LogP contribution in [-0.2, 0) is 11.2 Å². The van der Waals surface area contributed by atoms with E-state index in [2.05, 4.69) is 10.2 Å². The first kappa shape index (κ1) is 16.3. The molecular weight excluding hydrogens is 307 g/mol. The fourth-order valence-electron chi connectivity index (χ4n) is 2.79. The number of rotatable bonds is 6. The molecule has 2 aromatic carbocycles. The number of nitrogens with zero attached hydrogens (tertiary/aromatic N) is 1. The lowest BCUT2D eigenvalue weighted by Gasteiger charge is -2.31. The molecule has 24 heavy (non-hydrogen) atoms. The molecular formula is C19H21FN2O2. The minimum atomic E-state index is -0.256. The van der Waals surface area contributed by atoms with Crippen molar-refractivity contribution in [1.82, 2.24) is 5.32 Å². The Kier molecular flexibility index (Phi) is 5.31. The maximum atomic E-state index is 12.8. The fourth-order valence-corrected chi connectivity index (χ4v) is 2.79. The predicted octanol–water partition coefficient (Wildman–Crippen LogP) is 2.77. The maximum absolute atomic E-state index is 12.8. The summed E-state index contributed by atoms with van der Waals surface area (Å²) in [6.07, 6.45) is 1.03. The molecule has 3 rings (SSSR count). The number of para-hydroxylation sites is 2. The molecule has 0 bridgehead atoms. The number of halogens is 1. The zero-order valence-corrected chi connectivity index (χ0v) is 13.5. The summed E-state index contributed by atoms with van der Waals surface area (Å²) in [7, 11) is 0. The minimum absolute atomic E-state index is 0.0147. The Morgan fingerprint density at radius 1 is 1.17 bits per heavy atom. The summed E-state index contributed by atoms with van der Waals surface area (Å²) in [6.45, 7) is 2.83. The Hall–Kier alpha value is -2.56. The van der Waals surface area contributed by atoms with Crippen molar-refractivity contribution in [3.63, 3.8) is 0 Å². The van der Waals surface area contributed by atoms with Crippen molar-refractivity contribution in [2.45, 2.75) is 12.8 Å². The maximum Gasteiger partial charge on any atom is 0.220 e. The Morgan fingerprint density at radius 2 is 1.96 bits per heavy atom. The van der Waals surface area contributed by atoms with Crippen LogP contribution in [-0.4, -0.2) is 32.1 Å². The van der Waals surface area contributed by atoms with Gasteiger partial charge in [-0.2, -0.15) is 0 Å². The predicted molar refractivity (Wildman–Crippen MR) is 91.9 cm³/mol. The Bertz CT molecular complexity index is 688. The molecule has 1 amide bonds. The minimum Gasteiger partial charge on any atom is -0.490 e. The number of ether oxygens (including phenoxy) is 1. The van der Waals surface area contributed by atoms with Crippen molar-refractivity contribution >= 4 is 11.6 Å². The molecule has 1 aliphatic rings. The van der Waals surface area contributed by atoms with E-state index in [4.69, 9.17) is 4.74 Å². The summed E-state index contributed by atoms with van der Waals surface area (Å²) in [5.74, 6) is 0.654. The molecule has 1 aliphatic heterocycles. The Balaban J connectivity index is 1.42. The van der Waals surface area contributed by atoms with Gasteiger partial charge in [0.15, 0.2) is 0 Å². The number of nitrogens with one attached hydrogen (secondary N) is 1. The van der Waals surface area contributed by atoms with Gasteiger partial charge in [-0.1, -0.05) is 24.3 Å². The topological polar surface area (TPSA) is 41.6 Å². The van der Waals surface area contributed by atoms with E-state index in [-0.39, 0.29) is 11.7 Å². The van der Waals surface area contributed by atoms with Gasteiger partial charge in [0.05, 0.1) is 12.2 Å². The van der Waals surface area contributed by atoms with Crippen LogP contribution in [0.5, 0.6) is 5.75 Å². The van der Waals surface area contributed by atoms with Crippen molar-refractivity contribution in [2.24, 2.45) is 0 Å². The summed E-state index contributed by atoms with van der Waals surface area (Å²) in [5, 5.41) is 2.95. The van der Waals surface area contributed by atoms with Gasteiger partial charge in [-0.3, -0.25) is 4.79 Å². The van der Waals surface area contributed by atoms with Crippen LogP contribution >= 0.6 is 0 Å². The highest BCUT2D eigenvalue weighted by molar-refractivity contribution is 5.76. The molecule has 0 fully saturated rings. The average Bonchev–Trinajstić information content (AvgIpc) is 2.61. The third-order valence-corrected chi connectivity index (χ3v) is 4.08. The largest absolute Gasteiger partial charge is 0.490 e. The molecule has 0 saturated carbocycles. The van der Waals surface area contributed by atoms with Gasteiger partial charge in [-0.25, -0.2) is 4.39 Å². The van der Waals surface area contributed by atoms with Gasteiger partial charge in [-0.15, -0.1) is 0 Å². The lowest BCUT2D eigenvalue weighted by atomic mass is 10.1. The van der Waals surface area contributed by atoms with Gasteiger partial charge >= 0.3 is 0 Å². The summed E-state index contributed by atoms with van der Waals surface area (Å²) >= 11 is 0. The van der Waals surface area contributed by atoms with Gasteiger partial charge < -0.3 is 15.0 Å². The molecule has 126 valence electrons. The van der Waals surface area contributed by atoms with Gasteiger partial charge in [0.2, 0.25) is 5.91 Å². The van der Waals surface area contributed by atoms with E-state index in [0.717, 1.165) is 30.1 Å². The summed E-state index contributed by atoms with van der Waals surface area (Å²) in [4.78, 5) is 14.2. The highest BCUT2D eigenvalue weighted by atomic mass is 19.1. The van der Waals surface area contributed by atoms with E-state index in [9.17, 15) is 9.18 Å². The fraction of sp³-hybridized carbons (Fsp3) is 0.316. The third-order valence-electron chi connectivity index (χ3n) is 4.08. The van der Waals surface area contributed by atoms with Crippen LogP contribution < -0.4 is 15.0 Å². The molecule has 0 unspecified atom stereocenters. The molecule has 2 aromatic rings. The zero-order valence-electron chi connectivity index (χ0n) is 13.5. The summed E-state index contributed by atoms with van der Waals surface area (Å²) in [6, 6.07) is 14.2. The monoisotopic (exact) mass is 328 g/mol. The average molecular weight is 328 g/mol. The highest BCUT2D eigenvalue weighted by Crippen LogP contribution is 2.30. The normalized spacial score (nSPS) is 13.1. The number of aryl methyl sites for hydroxylation is 1. The number of carbonyl (C=O) groups is 1. The van der Waals surface area contributed by atoms with Gasteiger partial charge in [0, 0.05) is 19.5 Å². The molecule has 1 N–H and O–H groups in total. The van der Waals surface area contributed by atoms with E-state index in [1.807, 2.05) is 24.3 Å². The lowest BCUT2D eigenvalue weighted by molar-refractivity contribution is -0.120. The number of benzene rings is 2. The number of carbonyl (C=O) groups excluding carboxylic acids is 1. The quantitative estimate of drug-likeness (QED) is 0.886.